The Hall–Kier alpha value is -1.70. The van der Waals surface area contributed by atoms with Gasteiger partial charge in [-0.25, -0.2) is 9.97 Å². The third-order valence-electron chi connectivity index (χ3n) is 3.51. The highest BCUT2D eigenvalue weighted by molar-refractivity contribution is 5.89. The molecule has 0 saturated carbocycles. The number of fused-ring (bicyclic) bond motifs is 1. The quantitative estimate of drug-likeness (QED) is 0.743. The van der Waals surface area contributed by atoms with Gasteiger partial charge < -0.3 is 25.3 Å². The molecule has 7 heteroatoms. The molecule has 3 rings (SSSR count). The topological polar surface area (TPSA) is 109 Å². The minimum absolute atomic E-state index is 0.375. The maximum absolute atomic E-state index is 10.9. The monoisotopic (exact) mass is 263 g/mol. The summed E-state index contributed by atoms with van der Waals surface area (Å²) in [5, 5.41) is 21.4. The van der Waals surface area contributed by atoms with Crippen molar-refractivity contribution in [3.8, 4) is 0 Å². The number of nitrogens with two attached hydrogens (primary N) is 1. The minimum atomic E-state index is -0.737. The largest absolute Gasteiger partial charge is 0.853 e. The number of aryl methyl sites for hydroxylation is 1. The van der Waals surface area contributed by atoms with Gasteiger partial charge in [0.25, 0.3) is 0 Å². The number of aliphatic hydroxyl groups is 1. The van der Waals surface area contributed by atoms with E-state index in [2.05, 4.69) is 9.97 Å². The lowest BCUT2D eigenvalue weighted by atomic mass is 10.2. The summed E-state index contributed by atoms with van der Waals surface area (Å²) in [6, 6.07) is 0. The van der Waals surface area contributed by atoms with E-state index in [4.69, 9.17) is 10.5 Å². The van der Waals surface area contributed by atoms with Crippen LogP contribution in [0.3, 0.4) is 0 Å². The molecule has 1 aliphatic heterocycles. The highest BCUT2D eigenvalue weighted by Crippen LogP contribution is 2.33. The zero-order valence-corrected chi connectivity index (χ0v) is 10.5. The van der Waals surface area contributed by atoms with E-state index in [0.29, 0.717) is 17.9 Å². The maximum atomic E-state index is 10.9. The van der Waals surface area contributed by atoms with Gasteiger partial charge in [-0.1, -0.05) is 0 Å². The number of hydrogen-bond donors (Lipinski definition) is 2. The van der Waals surface area contributed by atoms with E-state index < -0.39 is 18.8 Å². The van der Waals surface area contributed by atoms with Crippen LogP contribution in [0.5, 0.6) is 0 Å². The minimum Gasteiger partial charge on any atom is -0.853 e. The summed E-state index contributed by atoms with van der Waals surface area (Å²) < 4.78 is 7.38. The fourth-order valence-electron chi connectivity index (χ4n) is 2.55. The first-order valence-corrected chi connectivity index (χ1v) is 6.11. The molecule has 2 aromatic heterocycles. The predicted molar refractivity (Wildman–Crippen MR) is 66.1 cm³/mol. The van der Waals surface area contributed by atoms with E-state index in [1.807, 2.05) is 17.7 Å². The summed E-state index contributed by atoms with van der Waals surface area (Å²) in [7, 11) is 0. The van der Waals surface area contributed by atoms with Gasteiger partial charge in [0, 0.05) is 12.6 Å². The van der Waals surface area contributed by atoms with Crippen LogP contribution in [0, 0.1) is 6.92 Å². The Kier molecular flexibility index (Phi) is 2.89. The van der Waals surface area contributed by atoms with Crippen LogP contribution in [-0.2, 0) is 4.74 Å². The van der Waals surface area contributed by atoms with E-state index in [-0.39, 0.29) is 6.23 Å². The Morgan fingerprint density at radius 2 is 2.37 bits per heavy atom. The Bertz CT molecular complexity index is 612. The summed E-state index contributed by atoms with van der Waals surface area (Å²) >= 11 is 0. The molecule has 1 saturated heterocycles. The summed E-state index contributed by atoms with van der Waals surface area (Å²) in [5.41, 5.74) is 7.45. The lowest BCUT2D eigenvalue weighted by Gasteiger charge is -2.18. The predicted octanol–water partition coefficient (Wildman–Crippen LogP) is -0.669. The molecular weight excluding hydrogens is 248 g/mol. The number of hydrogen-bond acceptors (Lipinski definition) is 6. The summed E-state index contributed by atoms with van der Waals surface area (Å²) in [5.74, 6) is 0.417. The fourth-order valence-corrected chi connectivity index (χ4v) is 2.55. The second-order valence-corrected chi connectivity index (χ2v) is 4.78. The highest BCUT2D eigenvalue weighted by Gasteiger charge is 2.33. The lowest BCUT2D eigenvalue weighted by molar-refractivity contribution is -0.389. The van der Waals surface area contributed by atoms with E-state index in [9.17, 15) is 10.2 Å². The van der Waals surface area contributed by atoms with Crippen molar-refractivity contribution >= 4 is 16.9 Å². The van der Waals surface area contributed by atoms with Crippen molar-refractivity contribution in [3.05, 3.63) is 18.1 Å². The smallest absolute Gasteiger partial charge is 0.147 e. The molecule has 1 aliphatic rings. The van der Waals surface area contributed by atoms with Crippen molar-refractivity contribution < 1.29 is 14.9 Å². The van der Waals surface area contributed by atoms with Gasteiger partial charge in [0.15, 0.2) is 0 Å². The summed E-state index contributed by atoms with van der Waals surface area (Å²) in [6.07, 6.45) is 1.84. The summed E-state index contributed by atoms with van der Waals surface area (Å²) in [6.45, 7) is 1.46. The van der Waals surface area contributed by atoms with E-state index in [1.54, 1.807) is 0 Å². The third kappa shape index (κ3) is 1.86. The van der Waals surface area contributed by atoms with Crippen LogP contribution in [0.25, 0.3) is 11.0 Å². The molecule has 0 amide bonds. The van der Waals surface area contributed by atoms with Gasteiger partial charge in [-0.15, -0.1) is 6.61 Å². The SMILES string of the molecule is Cc1cn([C@H]2CC(O)[C@@H](C[O-])O2)c2ncnc(N)c12. The molecule has 3 heterocycles. The van der Waals surface area contributed by atoms with Crippen LogP contribution in [0.15, 0.2) is 12.5 Å². The number of nitrogens with zero attached hydrogens (tertiary/aromatic N) is 3. The van der Waals surface area contributed by atoms with Crippen LogP contribution >= 0.6 is 0 Å². The average Bonchev–Trinajstić information content (AvgIpc) is 2.91. The van der Waals surface area contributed by atoms with Crippen molar-refractivity contribution in [1.82, 2.24) is 14.5 Å². The number of rotatable bonds is 2. The molecule has 3 atom stereocenters. The van der Waals surface area contributed by atoms with Crippen molar-refractivity contribution in [2.75, 3.05) is 12.3 Å². The molecule has 102 valence electrons. The average molecular weight is 263 g/mol. The van der Waals surface area contributed by atoms with E-state index in [0.717, 1.165) is 10.9 Å². The lowest BCUT2D eigenvalue weighted by Crippen LogP contribution is -2.31. The Balaban J connectivity index is 2.05. The molecule has 0 radical (unpaired) electrons. The van der Waals surface area contributed by atoms with Gasteiger partial charge in [0.1, 0.15) is 24.0 Å². The van der Waals surface area contributed by atoms with E-state index in [1.165, 1.54) is 6.33 Å². The molecule has 0 spiro atoms. The molecule has 7 nitrogen and oxygen atoms in total. The Morgan fingerprint density at radius 3 is 3.05 bits per heavy atom. The first-order chi connectivity index (χ1) is 9.11. The number of aromatic nitrogens is 3. The number of aliphatic hydroxyl groups excluding tert-OH is 1. The molecular formula is C12H15N4O3-. The normalized spacial score (nSPS) is 27.2. The second-order valence-electron chi connectivity index (χ2n) is 4.78. The first kappa shape index (κ1) is 12.3. The third-order valence-corrected chi connectivity index (χ3v) is 3.51. The maximum Gasteiger partial charge on any atom is 0.147 e. The van der Waals surface area contributed by atoms with Gasteiger partial charge >= 0.3 is 0 Å². The zero-order chi connectivity index (χ0) is 13.6. The van der Waals surface area contributed by atoms with Crippen molar-refractivity contribution in [1.29, 1.82) is 0 Å². The fraction of sp³-hybridized carbons (Fsp3) is 0.500. The standard InChI is InChI=1S/C12H15N4O3/c1-6-3-16(9-2-7(18)8(4-17)19-9)12-10(6)11(13)14-5-15-12/h3,5,7-9,18H,2,4H2,1H3,(H2,13,14,15)/q-1/t7?,8-,9-/m1/s1. The van der Waals surface area contributed by atoms with Crippen molar-refractivity contribution in [2.24, 2.45) is 0 Å². The van der Waals surface area contributed by atoms with Gasteiger partial charge in [0.05, 0.1) is 17.6 Å². The van der Waals surface area contributed by atoms with Gasteiger partial charge in [-0.3, -0.25) is 0 Å². The molecule has 3 N–H and O–H groups in total. The molecule has 0 aromatic carbocycles. The molecule has 0 bridgehead atoms. The number of nitrogen functional groups attached to an aromatic ring is 1. The van der Waals surface area contributed by atoms with Gasteiger partial charge in [-0.05, 0) is 12.5 Å². The molecule has 19 heavy (non-hydrogen) atoms. The van der Waals surface area contributed by atoms with Gasteiger partial charge in [0.2, 0.25) is 0 Å². The second kappa shape index (κ2) is 4.44. The Morgan fingerprint density at radius 1 is 1.58 bits per heavy atom. The van der Waals surface area contributed by atoms with Crippen molar-refractivity contribution in [3.63, 3.8) is 0 Å². The summed E-state index contributed by atoms with van der Waals surface area (Å²) in [4.78, 5) is 8.18. The van der Waals surface area contributed by atoms with Gasteiger partial charge in [-0.2, -0.15) is 0 Å². The Labute approximate surface area is 109 Å². The number of ether oxygens (including phenoxy) is 1. The van der Waals surface area contributed by atoms with Crippen LogP contribution in [0.1, 0.15) is 18.2 Å². The molecule has 1 unspecified atom stereocenters. The molecule has 1 fully saturated rings. The van der Waals surface area contributed by atoms with Crippen LogP contribution < -0.4 is 10.8 Å². The highest BCUT2D eigenvalue weighted by atomic mass is 16.5. The number of anilines is 1. The van der Waals surface area contributed by atoms with E-state index >= 15 is 0 Å². The van der Waals surface area contributed by atoms with Crippen LogP contribution in [0.2, 0.25) is 0 Å². The first-order valence-electron chi connectivity index (χ1n) is 6.11. The molecule has 2 aromatic rings. The van der Waals surface area contributed by atoms with Crippen LogP contribution in [0.4, 0.5) is 5.82 Å². The molecule has 0 aliphatic carbocycles. The van der Waals surface area contributed by atoms with Crippen LogP contribution in [-0.4, -0.2) is 38.5 Å². The zero-order valence-electron chi connectivity index (χ0n) is 10.5. The van der Waals surface area contributed by atoms with Crippen molar-refractivity contribution in [2.45, 2.75) is 31.8 Å².